The highest BCUT2D eigenvalue weighted by atomic mass is 15.1. The molecule has 0 radical (unpaired) electrons. The second-order valence-electron chi connectivity index (χ2n) is 3.05. The Kier molecular flexibility index (Phi) is 2.33. The molecule has 0 spiro atoms. The van der Waals surface area contributed by atoms with Gasteiger partial charge in [0.15, 0.2) is 11.4 Å². The Morgan fingerprint density at radius 1 is 1.19 bits per heavy atom. The first kappa shape index (κ1) is 9.81. The van der Waals surface area contributed by atoms with Gasteiger partial charge in [0.05, 0.1) is 0 Å². The highest BCUT2D eigenvalue weighted by Crippen LogP contribution is 2.11. The fourth-order valence-electron chi connectivity index (χ4n) is 1.28. The zero-order valence-electron chi connectivity index (χ0n) is 8.42. The van der Waals surface area contributed by atoms with Crippen LogP contribution in [-0.2, 0) is 0 Å². The Balaban J connectivity index is 2.63. The normalized spacial score (nSPS) is 9.44. The van der Waals surface area contributed by atoms with Crippen molar-refractivity contribution in [3.05, 3.63) is 35.8 Å². The minimum atomic E-state index is 0.0961. The van der Waals surface area contributed by atoms with Gasteiger partial charge in [0.25, 0.3) is 0 Å². The zero-order chi connectivity index (χ0) is 11.5. The van der Waals surface area contributed by atoms with Crippen LogP contribution in [0.3, 0.4) is 0 Å². The number of hydrogen-bond donors (Lipinski definition) is 0. The molecule has 0 fully saturated rings. The Morgan fingerprint density at radius 3 is 2.62 bits per heavy atom. The van der Waals surface area contributed by atoms with E-state index < -0.39 is 0 Å². The third kappa shape index (κ3) is 1.49. The van der Waals surface area contributed by atoms with E-state index in [-0.39, 0.29) is 11.4 Å². The highest BCUT2D eigenvalue weighted by molar-refractivity contribution is 5.41. The number of nitriles is 2. The van der Waals surface area contributed by atoms with Crippen LogP contribution in [0.2, 0.25) is 0 Å². The van der Waals surface area contributed by atoms with Crippen molar-refractivity contribution in [2.75, 3.05) is 0 Å². The molecule has 0 amide bonds. The van der Waals surface area contributed by atoms with Crippen molar-refractivity contribution < 1.29 is 0 Å². The molecule has 0 aromatic carbocycles. The first-order chi connectivity index (χ1) is 7.76. The first-order valence-electron chi connectivity index (χ1n) is 4.43. The van der Waals surface area contributed by atoms with Crippen LogP contribution < -0.4 is 0 Å². The molecular weight excluding hydrogens is 204 g/mol. The maximum atomic E-state index is 8.94. The average Bonchev–Trinajstić information content (AvgIpc) is 2.71. The molecule has 16 heavy (non-hydrogen) atoms. The summed E-state index contributed by atoms with van der Waals surface area (Å²) in [5.74, 6) is 0.526. The van der Waals surface area contributed by atoms with Crippen LogP contribution in [0.5, 0.6) is 0 Å². The van der Waals surface area contributed by atoms with Crippen molar-refractivity contribution in [1.82, 2.24) is 19.5 Å². The van der Waals surface area contributed by atoms with Gasteiger partial charge in [-0.25, -0.2) is 15.0 Å². The summed E-state index contributed by atoms with van der Waals surface area (Å²) in [5, 5.41) is 17.7. The third-order valence-electron chi connectivity index (χ3n) is 2.02. The van der Waals surface area contributed by atoms with E-state index >= 15 is 0 Å². The van der Waals surface area contributed by atoms with E-state index in [0.717, 1.165) is 5.69 Å². The number of hydrogen-bond acceptors (Lipinski definition) is 5. The van der Waals surface area contributed by atoms with Crippen molar-refractivity contribution in [3.63, 3.8) is 0 Å². The van der Waals surface area contributed by atoms with E-state index in [1.165, 1.54) is 17.2 Å². The van der Waals surface area contributed by atoms with Crippen LogP contribution in [0, 0.1) is 29.6 Å². The molecular formula is C10H6N6. The van der Waals surface area contributed by atoms with Crippen molar-refractivity contribution in [2.24, 2.45) is 0 Å². The van der Waals surface area contributed by atoms with Gasteiger partial charge in [-0.05, 0) is 6.92 Å². The Morgan fingerprint density at radius 2 is 2.00 bits per heavy atom. The van der Waals surface area contributed by atoms with Gasteiger partial charge < -0.3 is 0 Å². The lowest BCUT2D eigenvalue weighted by atomic mass is 10.3. The standard InChI is InChI=1S/C10H6N6/c1-7-2-10(14-5-13-7)16-6-15-8(3-11)9(16)4-12/h2,5-6H,1H3. The lowest BCUT2D eigenvalue weighted by molar-refractivity contribution is 0.943. The van der Waals surface area contributed by atoms with E-state index in [2.05, 4.69) is 15.0 Å². The van der Waals surface area contributed by atoms with Crippen molar-refractivity contribution in [1.29, 1.82) is 10.5 Å². The van der Waals surface area contributed by atoms with Crippen LogP contribution in [0.1, 0.15) is 17.1 Å². The molecule has 0 saturated heterocycles. The summed E-state index contributed by atoms with van der Waals surface area (Å²) in [4.78, 5) is 11.8. The summed E-state index contributed by atoms with van der Waals surface area (Å²) in [6.45, 7) is 1.82. The Bertz CT molecular complexity index is 613. The zero-order valence-corrected chi connectivity index (χ0v) is 8.42. The first-order valence-corrected chi connectivity index (χ1v) is 4.43. The second kappa shape index (κ2) is 3.79. The van der Waals surface area contributed by atoms with E-state index in [1.54, 1.807) is 6.07 Å². The summed E-state index contributed by atoms with van der Waals surface area (Å²) >= 11 is 0. The molecule has 0 atom stereocenters. The van der Waals surface area contributed by atoms with Crippen LogP contribution >= 0.6 is 0 Å². The number of aromatic nitrogens is 4. The van der Waals surface area contributed by atoms with E-state index in [1.807, 2.05) is 19.1 Å². The number of rotatable bonds is 1. The molecule has 6 heteroatoms. The van der Waals surface area contributed by atoms with Crippen LogP contribution in [0.15, 0.2) is 18.7 Å². The topological polar surface area (TPSA) is 91.2 Å². The molecule has 0 aliphatic rings. The smallest absolute Gasteiger partial charge is 0.177 e. The average molecular weight is 210 g/mol. The molecule has 2 heterocycles. The van der Waals surface area contributed by atoms with Gasteiger partial charge in [-0.2, -0.15) is 10.5 Å². The molecule has 0 aliphatic heterocycles. The highest BCUT2D eigenvalue weighted by Gasteiger charge is 2.12. The minimum Gasteiger partial charge on any atom is -0.273 e. The molecule has 0 bridgehead atoms. The van der Waals surface area contributed by atoms with Gasteiger partial charge >= 0.3 is 0 Å². The van der Waals surface area contributed by atoms with Crippen molar-refractivity contribution in [3.8, 4) is 18.0 Å². The second-order valence-corrected chi connectivity index (χ2v) is 3.05. The summed E-state index contributed by atoms with van der Waals surface area (Å²) in [6, 6.07) is 5.50. The number of nitrogens with zero attached hydrogens (tertiary/aromatic N) is 6. The van der Waals surface area contributed by atoms with Crippen LogP contribution in [0.25, 0.3) is 5.82 Å². The van der Waals surface area contributed by atoms with Gasteiger partial charge in [-0.3, -0.25) is 4.57 Å². The molecule has 76 valence electrons. The quantitative estimate of drug-likeness (QED) is 0.691. The van der Waals surface area contributed by atoms with Gasteiger partial charge in [-0.1, -0.05) is 0 Å². The number of imidazole rings is 1. The lowest BCUT2D eigenvalue weighted by Crippen LogP contribution is -2.00. The molecule has 0 unspecified atom stereocenters. The van der Waals surface area contributed by atoms with Gasteiger partial charge in [0.2, 0.25) is 0 Å². The van der Waals surface area contributed by atoms with E-state index in [4.69, 9.17) is 10.5 Å². The summed E-state index contributed by atoms with van der Waals surface area (Å²) in [6.07, 6.45) is 2.80. The predicted octanol–water partition coefficient (Wildman–Crippen LogP) is 0.714. The maximum Gasteiger partial charge on any atom is 0.177 e. The maximum absolute atomic E-state index is 8.94. The Hall–Kier alpha value is -2.73. The predicted molar refractivity (Wildman–Crippen MR) is 53.3 cm³/mol. The summed E-state index contributed by atoms with van der Waals surface area (Å²) < 4.78 is 1.47. The van der Waals surface area contributed by atoms with Gasteiger partial charge in [0, 0.05) is 11.8 Å². The van der Waals surface area contributed by atoms with Crippen molar-refractivity contribution >= 4 is 0 Å². The fourth-order valence-corrected chi connectivity index (χ4v) is 1.28. The summed E-state index contributed by atoms with van der Waals surface area (Å²) in [5.41, 5.74) is 1.06. The monoisotopic (exact) mass is 210 g/mol. The summed E-state index contributed by atoms with van der Waals surface area (Å²) in [7, 11) is 0. The third-order valence-corrected chi connectivity index (χ3v) is 2.02. The molecule has 6 nitrogen and oxygen atoms in total. The molecule has 2 rings (SSSR count). The van der Waals surface area contributed by atoms with E-state index in [0.29, 0.717) is 5.82 Å². The largest absolute Gasteiger partial charge is 0.273 e. The van der Waals surface area contributed by atoms with Crippen LogP contribution in [-0.4, -0.2) is 19.5 Å². The minimum absolute atomic E-state index is 0.0961. The molecule has 0 aliphatic carbocycles. The SMILES string of the molecule is Cc1cc(-n2cnc(C#N)c2C#N)ncn1. The van der Waals surface area contributed by atoms with E-state index in [9.17, 15) is 0 Å². The van der Waals surface area contributed by atoms with Gasteiger partial charge in [0.1, 0.15) is 30.6 Å². The number of aryl methyl sites for hydroxylation is 1. The Labute approximate surface area is 91.4 Å². The van der Waals surface area contributed by atoms with Crippen LogP contribution in [0.4, 0.5) is 0 Å². The molecule has 0 N–H and O–H groups in total. The van der Waals surface area contributed by atoms with Gasteiger partial charge in [-0.15, -0.1) is 0 Å². The van der Waals surface area contributed by atoms with Crippen molar-refractivity contribution in [2.45, 2.75) is 6.92 Å². The lowest BCUT2D eigenvalue weighted by Gasteiger charge is -2.01. The molecule has 0 saturated carbocycles. The fraction of sp³-hybridized carbons (Fsp3) is 0.100. The molecule has 2 aromatic heterocycles. The molecule has 2 aromatic rings.